The molecule has 0 atom stereocenters. The van der Waals surface area contributed by atoms with Gasteiger partial charge in [0.2, 0.25) is 15.9 Å². The quantitative estimate of drug-likeness (QED) is 0.826. The highest BCUT2D eigenvalue weighted by Crippen LogP contribution is 2.26. The Labute approximate surface area is 129 Å². The smallest absolute Gasteiger partial charge is 0.235 e. The third kappa shape index (κ3) is 4.76. The summed E-state index contributed by atoms with van der Waals surface area (Å²) in [6.45, 7) is 0.343. The van der Waals surface area contributed by atoms with Gasteiger partial charge in [0.25, 0.3) is 0 Å². The average molecular weight is 331 g/mol. The lowest BCUT2D eigenvalue weighted by atomic mass is 10.0. The van der Waals surface area contributed by atoms with Crippen molar-refractivity contribution in [2.75, 3.05) is 26.4 Å². The van der Waals surface area contributed by atoms with Gasteiger partial charge in [-0.2, -0.15) is 4.31 Å². The van der Waals surface area contributed by atoms with Crippen LogP contribution in [0, 0.1) is 0 Å². The van der Waals surface area contributed by atoms with Gasteiger partial charge >= 0.3 is 0 Å². The van der Waals surface area contributed by atoms with Gasteiger partial charge in [-0.15, -0.1) is 11.3 Å². The fourth-order valence-corrected chi connectivity index (χ4v) is 3.70. The largest absolute Gasteiger partial charge is 0.355 e. The third-order valence-electron chi connectivity index (χ3n) is 3.48. The van der Waals surface area contributed by atoms with E-state index in [0.717, 1.165) is 28.4 Å². The maximum absolute atomic E-state index is 11.7. The molecule has 118 valence electrons. The molecule has 1 aliphatic carbocycles. The first-order chi connectivity index (χ1) is 9.86. The number of aromatic nitrogens is 1. The van der Waals surface area contributed by atoms with Crippen LogP contribution in [0.4, 0.5) is 0 Å². The van der Waals surface area contributed by atoms with E-state index in [1.165, 1.54) is 30.5 Å². The van der Waals surface area contributed by atoms with E-state index in [9.17, 15) is 13.2 Å². The Balaban J connectivity index is 1.76. The van der Waals surface area contributed by atoms with E-state index < -0.39 is 10.0 Å². The monoisotopic (exact) mass is 331 g/mol. The third-order valence-corrected chi connectivity index (χ3v) is 5.96. The summed E-state index contributed by atoms with van der Waals surface area (Å²) in [4.78, 5) is 17.6. The van der Waals surface area contributed by atoms with E-state index in [-0.39, 0.29) is 12.5 Å². The van der Waals surface area contributed by atoms with E-state index in [0.29, 0.717) is 13.0 Å². The first-order valence-corrected chi connectivity index (χ1v) is 9.68. The predicted molar refractivity (Wildman–Crippen MR) is 82.9 cm³/mol. The van der Waals surface area contributed by atoms with Gasteiger partial charge in [-0.05, 0) is 25.7 Å². The van der Waals surface area contributed by atoms with E-state index in [2.05, 4.69) is 10.3 Å². The zero-order chi connectivity index (χ0) is 15.5. The number of amides is 1. The Morgan fingerprint density at radius 2 is 2.10 bits per heavy atom. The summed E-state index contributed by atoms with van der Waals surface area (Å²) in [5.74, 6) is -0.288. The van der Waals surface area contributed by atoms with Crippen molar-refractivity contribution in [3.8, 4) is 0 Å². The molecule has 0 bridgehead atoms. The van der Waals surface area contributed by atoms with Crippen LogP contribution in [0.2, 0.25) is 0 Å². The number of hydrogen-bond donors (Lipinski definition) is 1. The van der Waals surface area contributed by atoms with Crippen LogP contribution in [0.5, 0.6) is 0 Å². The van der Waals surface area contributed by atoms with Gasteiger partial charge in [0, 0.05) is 24.9 Å². The zero-order valence-corrected chi connectivity index (χ0v) is 14.0. The molecule has 0 spiro atoms. The molecule has 0 saturated heterocycles. The molecule has 21 heavy (non-hydrogen) atoms. The Hall–Kier alpha value is -0.990. The van der Waals surface area contributed by atoms with Crippen molar-refractivity contribution in [2.24, 2.45) is 0 Å². The van der Waals surface area contributed by atoms with Gasteiger partial charge in [-0.3, -0.25) is 4.79 Å². The van der Waals surface area contributed by atoms with Gasteiger partial charge in [-0.25, -0.2) is 13.4 Å². The van der Waals surface area contributed by atoms with E-state index in [4.69, 9.17) is 0 Å². The maximum atomic E-state index is 11.7. The highest BCUT2D eigenvalue weighted by molar-refractivity contribution is 7.88. The number of aryl methyl sites for hydroxylation is 2. The molecule has 0 aliphatic heterocycles. The van der Waals surface area contributed by atoms with E-state index in [1.54, 1.807) is 11.3 Å². The van der Waals surface area contributed by atoms with Crippen molar-refractivity contribution in [3.05, 3.63) is 15.6 Å². The molecule has 0 fully saturated rings. The molecule has 8 heteroatoms. The first kappa shape index (κ1) is 16.4. The molecule has 1 heterocycles. The average Bonchev–Trinajstić information content (AvgIpc) is 2.80. The summed E-state index contributed by atoms with van der Waals surface area (Å²) in [6, 6.07) is 0. The van der Waals surface area contributed by atoms with Gasteiger partial charge in [0.15, 0.2) is 0 Å². The van der Waals surface area contributed by atoms with E-state index >= 15 is 0 Å². The number of nitrogens with zero attached hydrogens (tertiary/aromatic N) is 2. The second-order valence-corrected chi connectivity index (χ2v) is 8.56. The van der Waals surface area contributed by atoms with Crippen molar-refractivity contribution in [3.63, 3.8) is 0 Å². The van der Waals surface area contributed by atoms with Crippen LogP contribution in [-0.4, -0.2) is 50.0 Å². The van der Waals surface area contributed by atoms with Crippen molar-refractivity contribution in [2.45, 2.75) is 32.1 Å². The Morgan fingerprint density at radius 1 is 1.38 bits per heavy atom. The number of carbonyl (C=O) groups excluding carboxylic acids is 1. The molecule has 0 radical (unpaired) electrons. The van der Waals surface area contributed by atoms with Crippen LogP contribution in [0.3, 0.4) is 0 Å². The van der Waals surface area contributed by atoms with Gasteiger partial charge in [-0.1, -0.05) is 0 Å². The minimum absolute atomic E-state index is 0.146. The molecule has 1 N–H and O–H groups in total. The number of sulfonamides is 1. The predicted octanol–water partition coefficient (Wildman–Crippen LogP) is 0.572. The number of fused-ring (bicyclic) bond motifs is 1. The number of likely N-dealkylation sites (N-methyl/N-ethyl adjacent to an activating group) is 1. The van der Waals surface area contributed by atoms with E-state index in [1.807, 2.05) is 0 Å². The van der Waals surface area contributed by atoms with Gasteiger partial charge < -0.3 is 5.32 Å². The molecule has 1 aromatic rings. The van der Waals surface area contributed by atoms with Crippen LogP contribution >= 0.6 is 11.3 Å². The van der Waals surface area contributed by atoms with Crippen LogP contribution in [0.15, 0.2) is 0 Å². The van der Waals surface area contributed by atoms with Crippen molar-refractivity contribution in [1.82, 2.24) is 14.6 Å². The molecule has 0 aromatic carbocycles. The summed E-state index contributed by atoms with van der Waals surface area (Å²) < 4.78 is 23.5. The fourth-order valence-electron chi connectivity index (χ4n) is 2.20. The molecular weight excluding hydrogens is 310 g/mol. The summed E-state index contributed by atoms with van der Waals surface area (Å²) in [6.07, 6.45) is 6.43. The summed E-state index contributed by atoms with van der Waals surface area (Å²) >= 11 is 1.74. The zero-order valence-electron chi connectivity index (χ0n) is 12.4. The Kier molecular flexibility index (Phi) is 5.34. The standard InChI is InChI=1S/C13H21N3O3S2/c1-16(21(2,18)19)9-12(17)14-8-7-13-15-10-5-3-4-6-11(10)20-13/h3-9H2,1-2H3,(H,14,17). The number of hydrogen-bond acceptors (Lipinski definition) is 5. The molecular formula is C13H21N3O3S2. The van der Waals surface area contributed by atoms with Gasteiger partial charge in [0.05, 0.1) is 23.5 Å². The number of carbonyl (C=O) groups is 1. The summed E-state index contributed by atoms with van der Waals surface area (Å²) in [5, 5.41) is 3.79. The molecule has 0 unspecified atom stereocenters. The normalized spacial score (nSPS) is 15.0. The second kappa shape index (κ2) is 6.85. The highest BCUT2D eigenvalue weighted by Gasteiger charge is 2.16. The molecule has 1 aliphatic rings. The number of nitrogens with one attached hydrogen (secondary N) is 1. The first-order valence-electron chi connectivity index (χ1n) is 7.01. The minimum atomic E-state index is -3.32. The summed E-state index contributed by atoms with van der Waals surface area (Å²) in [5.41, 5.74) is 1.23. The Bertz CT molecular complexity index is 587. The van der Waals surface area contributed by atoms with Crippen LogP contribution in [0.25, 0.3) is 0 Å². The molecule has 6 nitrogen and oxygen atoms in total. The fraction of sp³-hybridized carbons (Fsp3) is 0.692. The van der Waals surface area contributed by atoms with Crippen LogP contribution in [-0.2, 0) is 34.1 Å². The summed E-state index contributed by atoms with van der Waals surface area (Å²) in [7, 11) is -1.92. The van der Waals surface area contributed by atoms with Gasteiger partial charge in [0.1, 0.15) is 0 Å². The minimum Gasteiger partial charge on any atom is -0.355 e. The lowest BCUT2D eigenvalue weighted by molar-refractivity contribution is -0.121. The highest BCUT2D eigenvalue weighted by atomic mass is 32.2. The lowest BCUT2D eigenvalue weighted by Gasteiger charge is -2.13. The van der Waals surface area contributed by atoms with Crippen molar-refractivity contribution in [1.29, 1.82) is 0 Å². The molecule has 1 amide bonds. The maximum Gasteiger partial charge on any atom is 0.235 e. The number of rotatable bonds is 6. The van der Waals surface area contributed by atoms with Crippen molar-refractivity contribution < 1.29 is 13.2 Å². The van der Waals surface area contributed by atoms with Crippen molar-refractivity contribution >= 4 is 27.3 Å². The molecule has 2 rings (SSSR count). The second-order valence-electron chi connectivity index (χ2n) is 5.30. The SMILES string of the molecule is CN(CC(=O)NCCc1nc2c(s1)CCCC2)S(C)(=O)=O. The number of thiazole rings is 1. The van der Waals surface area contributed by atoms with Crippen LogP contribution < -0.4 is 5.32 Å². The topological polar surface area (TPSA) is 79.4 Å². The molecule has 1 aromatic heterocycles. The molecule has 0 saturated carbocycles. The van der Waals surface area contributed by atoms with Crippen LogP contribution in [0.1, 0.15) is 28.4 Å². The Morgan fingerprint density at radius 3 is 2.76 bits per heavy atom. The lowest BCUT2D eigenvalue weighted by Crippen LogP contribution is -2.38.